The molecule has 110 valence electrons. The third-order valence-electron chi connectivity index (χ3n) is 4.15. The van der Waals surface area contributed by atoms with Crippen LogP contribution in [0.3, 0.4) is 0 Å². The quantitative estimate of drug-likeness (QED) is 0.842. The molecule has 0 aromatic heterocycles. The largest absolute Gasteiger partial charge is 0.481 e. The highest BCUT2D eigenvalue weighted by Gasteiger charge is 2.26. The lowest BCUT2D eigenvalue weighted by Crippen LogP contribution is -2.21. The molecule has 0 radical (unpaired) electrons. The molecule has 0 unspecified atom stereocenters. The Kier molecular flexibility index (Phi) is 5.10. The van der Waals surface area contributed by atoms with Crippen molar-refractivity contribution in [2.45, 2.75) is 38.5 Å². The van der Waals surface area contributed by atoms with E-state index in [-0.39, 0.29) is 24.0 Å². The molecule has 1 aromatic rings. The molecule has 0 bridgehead atoms. The van der Waals surface area contributed by atoms with Crippen LogP contribution in [-0.2, 0) is 11.2 Å². The van der Waals surface area contributed by atoms with Crippen LogP contribution in [0.1, 0.15) is 48.0 Å². The van der Waals surface area contributed by atoms with Gasteiger partial charge in [0.25, 0.3) is 0 Å². The van der Waals surface area contributed by atoms with Gasteiger partial charge in [0, 0.05) is 23.8 Å². The molecule has 1 aliphatic carbocycles. The van der Waals surface area contributed by atoms with E-state index in [0.29, 0.717) is 12.0 Å². The lowest BCUT2D eigenvalue weighted by molar-refractivity contribution is -0.136. The van der Waals surface area contributed by atoms with Crippen LogP contribution in [0.5, 0.6) is 0 Å². The Bertz CT molecular complexity index is 548. The number of benzene rings is 1. The smallest absolute Gasteiger partial charge is 0.303 e. The molecule has 0 saturated heterocycles. The first-order chi connectivity index (χ1) is 10.1. The lowest BCUT2D eigenvalue weighted by Gasteiger charge is -2.23. The molecule has 1 aliphatic rings. The molecule has 1 N–H and O–H groups in total. The summed E-state index contributed by atoms with van der Waals surface area (Å²) in [6, 6.07) is 9.51. The maximum absolute atomic E-state index is 12.4. The number of Topliss-reactive ketones (excluding diaryl/α,β-unsaturated/α-hetero) is 1. The van der Waals surface area contributed by atoms with Crippen LogP contribution in [0.4, 0.5) is 0 Å². The first kappa shape index (κ1) is 15.2. The van der Waals surface area contributed by atoms with E-state index < -0.39 is 5.97 Å². The van der Waals surface area contributed by atoms with Crippen LogP contribution in [0.25, 0.3) is 0 Å². The van der Waals surface area contributed by atoms with Gasteiger partial charge >= 0.3 is 5.97 Å². The van der Waals surface area contributed by atoms with E-state index in [1.165, 1.54) is 0 Å². The van der Waals surface area contributed by atoms with Gasteiger partial charge in [0.2, 0.25) is 0 Å². The van der Waals surface area contributed by atoms with E-state index >= 15 is 0 Å². The van der Waals surface area contributed by atoms with Crippen molar-refractivity contribution < 1.29 is 14.7 Å². The molecule has 2 rings (SSSR count). The molecule has 1 fully saturated rings. The minimum Gasteiger partial charge on any atom is -0.481 e. The molecule has 0 amide bonds. The van der Waals surface area contributed by atoms with E-state index in [1.54, 1.807) is 12.1 Å². The maximum Gasteiger partial charge on any atom is 0.303 e. The number of aliphatic carboxylic acids is 1. The molecule has 0 atom stereocenters. The molecular formula is C17H19NO3. The van der Waals surface area contributed by atoms with Gasteiger partial charge in [0.15, 0.2) is 5.78 Å². The highest BCUT2D eigenvalue weighted by molar-refractivity contribution is 5.97. The Balaban J connectivity index is 1.94. The molecule has 0 spiro atoms. The van der Waals surface area contributed by atoms with Crippen LogP contribution in [-0.4, -0.2) is 16.9 Å². The van der Waals surface area contributed by atoms with Gasteiger partial charge < -0.3 is 5.11 Å². The van der Waals surface area contributed by atoms with Crippen LogP contribution < -0.4 is 0 Å². The second-order valence-electron chi connectivity index (χ2n) is 5.63. The number of aryl methyl sites for hydroxylation is 1. The Morgan fingerprint density at radius 3 is 2.29 bits per heavy atom. The molecule has 1 saturated carbocycles. The summed E-state index contributed by atoms with van der Waals surface area (Å²) >= 11 is 0. The molecule has 1 aromatic carbocycles. The Hall–Kier alpha value is -2.15. The second kappa shape index (κ2) is 7.03. The zero-order valence-electron chi connectivity index (χ0n) is 11.9. The summed E-state index contributed by atoms with van der Waals surface area (Å²) in [5, 5.41) is 17.5. The Morgan fingerprint density at radius 1 is 1.14 bits per heavy atom. The normalized spacial score (nSPS) is 21.5. The number of hydrogen-bond donors (Lipinski definition) is 1. The lowest BCUT2D eigenvalue weighted by atomic mass is 9.79. The van der Waals surface area contributed by atoms with E-state index in [2.05, 4.69) is 6.07 Å². The second-order valence-corrected chi connectivity index (χ2v) is 5.63. The van der Waals surface area contributed by atoms with E-state index in [1.807, 2.05) is 12.1 Å². The van der Waals surface area contributed by atoms with Crippen molar-refractivity contribution in [3.8, 4) is 6.07 Å². The average molecular weight is 285 g/mol. The van der Waals surface area contributed by atoms with Gasteiger partial charge in [0.05, 0.1) is 6.07 Å². The SMILES string of the molecule is N#CC1CCC(C(=O)c2ccc(CCC(=O)O)cc2)CC1. The number of carboxylic acid groups (broad SMARTS) is 1. The maximum atomic E-state index is 12.4. The monoisotopic (exact) mass is 285 g/mol. The topological polar surface area (TPSA) is 78.2 Å². The predicted molar refractivity (Wildman–Crippen MR) is 77.8 cm³/mol. The van der Waals surface area contributed by atoms with E-state index in [0.717, 1.165) is 31.2 Å². The van der Waals surface area contributed by atoms with Crippen LogP contribution in [0.15, 0.2) is 24.3 Å². The first-order valence-electron chi connectivity index (χ1n) is 7.34. The number of hydrogen-bond acceptors (Lipinski definition) is 3. The summed E-state index contributed by atoms with van der Waals surface area (Å²) in [6.07, 6.45) is 3.78. The third-order valence-corrected chi connectivity index (χ3v) is 4.15. The van der Waals surface area contributed by atoms with Crippen molar-refractivity contribution in [1.29, 1.82) is 5.26 Å². The molecule has 0 aliphatic heterocycles. The number of nitriles is 1. The van der Waals surface area contributed by atoms with Crippen LogP contribution >= 0.6 is 0 Å². The zero-order valence-corrected chi connectivity index (χ0v) is 11.9. The summed E-state index contributed by atoms with van der Waals surface area (Å²) in [6.45, 7) is 0. The first-order valence-corrected chi connectivity index (χ1v) is 7.34. The number of carbonyl (C=O) groups excluding carboxylic acids is 1. The molecule has 21 heavy (non-hydrogen) atoms. The minimum atomic E-state index is -0.815. The van der Waals surface area contributed by atoms with Crippen molar-refractivity contribution in [2.24, 2.45) is 11.8 Å². The Labute approximate surface area is 124 Å². The number of carbonyl (C=O) groups is 2. The predicted octanol–water partition coefficient (Wildman–Crippen LogP) is 3.22. The summed E-state index contributed by atoms with van der Waals surface area (Å²) in [7, 11) is 0. The van der Waals surface area contributed by atoms with Gasteiger partial charge in [0.1, 0.15) is 0 Å². The van der Waals surface area contributed by atoms with Gasteiger partial charge in [-0.2, -0.15) is 5.26 Å². The van der Waals surface area contributed by atoms with E-state index in [4.69, 9.17) is 10.4 Å². The molecule has 4 heteroatoms. The number of rotatable bonds is 5. The van der Waals surface area contributed by atoms with Crippen LogP contribution in [0.2, 0.25) is 0 Å². The van der Waals surface area contributed by atoms with Crippen molar-refractivity contribution in [1.82, 2.24) is 0 Å². The van der Waals surface area contributed by atoms with Crippen molar-refractivity contribution >= 4 is 11.8 Å². The van der Waals surface area contributed by atoms with Gasteiger partial charge in [-0.15, -0.1) is 0 Å². The van der Waals surface area contributed by atoms with Gasteiger partial charge in [-0.3, -0.25) is 9.59 Å². The fraction of sp³-hybridized carbons (Fsp3) is 0.471. The summed E-state index contributed by atoms with van der Waals surface area (Å²) < 4.78 is 0. The highest BCUT2D eigenvalue weighted by atomic mass is 16.4. The fourth-order valence-electron chi connectivity index (χ4n) is 2.81. The summed E-state index contributed by atoms with van der Waals surface area (Å²) in [4.78, 5) is 22.9. The molecular weight excluding hydrogens is 266 g/mol. The standard InChI is InChI=1S/C17H19NO3/c18-11-13-3-8-15(9-4-13)17(21)14-6-1-12(2-7-14)5-10-16(19)20/h1-2,6-7,13,15H,3-5,8-10H2,(H,19,20). The van der Waals surface area contributed by atoms with Gasteiger partial charge in [-0.25, -0.2) is 0 Å². The van der Waals surface area contributed by atoms with Gasteiger partial charge in [-0.05, 0) is 37.7 Å². The minimum absolute atomic E-state index is 0.0273. The van der Waals surface area contributed by atoms with Crippen LogP contribution in [0, 0.1) is 23.2 Å². The highest BCUT2D eigenvalue weighted by Crippen LogP contribution is 2.30. The molecule has 4 nitrogen and oxygen atoms in total. The fourth-order valence-corrected chi connectivity index (χ4v) is 2.81. The number of carboxylic acids is 1. The van der Waals surface area contributed by atoms with Gasteiger partial charge in [-0.1, -0.05) is 24.3 Å². The molecule has 0 heterocycles. The van der Waals surface area contributed by atoms with E-state index in [9.17, 15) is 9.59 Å². The summed E-state index contributed by atoms with van der Waals surface area (Å²) in [5.41, 5.74) is 1.62. The van der Waals surface area contributed by atoms with Crippen molar-refractivity contribution in [3.63, 3.8) is 0 Å². The number of ketones is 1. The average Bonchev–Trinajstić information content (AvgIpc) is 2.53. The summed E-state index contributed by atoms with van der Waals surface area (Å²) in [5.74, 6) is -0.535. The number of nitrogens with zero attached hydrogens (tertiary/aromatic N) is 1. The van der Waals surface area contributed by atoms with Crippen molar-refractivity contribution in [3.05, 3.63) is 35.4 Å². The zero-order chi connectivity index (χ0) is 15.2. The third kappa shape index (κ3) is 4.16. The Morgan fingerprint density at radius 2 is 1.76 bits per heavy atom. The van der Waals surface area contributed by atoms with Crippen molar-refractivity contribution in [2.75, 3.05) is 0 Å².